The zero-order valence-electron chi connectivity index (χ0n) is 27.4. The summed E-state index contributed by atoms with van der Waals surface area (Å²) in [6.45, 7) is 0.831. The molecule has 2 unspecified atom stereocenters. The molecule has 0 aliphatic carbocycles. The van der Waals surface area contributed by atoms with Crippen LogP contribution in [-0.4, -0.2) is 26.9 Å². The number of benzene rings is 5. The lowest BCUT2D eigenvalue weighted by atomic mass is 9.75. The average molecular weight is 679 g/mol. The third-order valence-electron chi connectivity index (χ3n) is 10.7. The fourth-order valence-electron chi connectivity index (χ4n) is 8.61. The lowest BCUT2D eigenvalue weighted by molar-refractivity contribution is 0.393. The molecular weight excluding hydrogens is 649 g/mol. The molecular formula is C43H30N6OS. The van der Waals surface area contributed by atoms with Crippen LogP contribution in [0.3, 0.4) is 0 Å². The number of aromatic nitrogens is 4. The molecule has 244 valence electrons. The van der Waals surface area contributed by atoms with E-state index in [9.17, 15) is 0 Å². The van der Waals surface area contributed by atoms with Gasteiger partial charge in [-0.1, -0.05) is 84.9 Å². The molecule has 11 rings (SSSR count). The highest BCUT2D eigenvalue weighted by Gasteiger charge is 2.61. The van der Waals surface area contributed by atoms with Gasteiger partial charge < -0.3 is 9.40 Å². The summed E-state index contributed by atoms with van der Waals surface area (Å²) in [6.07, 6.45) is 2.67. The second kappa shape index (κ2) is 10.9. The number of nitrogens with one attached hydrogen (secondary N) is 1. The molecule has 0 saturated carbocycles. The summed E-state index contributed by atoms with van der Waals surface area (Å²) in [7, 11) is 0. The lowest BCUT2D eigenvalue weighted by Gasteiger charge is -2.47. The molecule has 2 aliphatic rings. The normalized spacial score (nSPS) is 18.2. The Kier molecular flexibility index (Phi) is 6.09. The van der Waals surface area contributed by atoms with E-state index in [2.05, 4.69) is 158 Å². The molecule has 2 atom stereocenters. The van der Waals surface area contributed by atoms with E-state index in [1.54, 1.807) is 6.20 Å². The van der Waals surface area contributed by atoms with Crippen LogP contribution >= 0.6 is 11.3 Å². The van der Waals surface area contributed by atoms with Crippen molar-refractivity contribution in [3.8, 4) is 11.3 Å². The maximum atomic E-state index is 7.02. The van der Waals surface area contributed by atoms with Crippen LogP contribution in [0.1, 0.15) is 33.4 Å². The Labute approximate surface area is 297 Å². The molecule has 2 aliphatic heterocycles. The minimum atomic E-state index is -0.813. The Morgan fingerprint density at radius 1 is 0.745 bits per heavy atom. The number of furan rings is 1. The molecule has 4 aromatic heterocycles. The summed E-state index contributed by atoms with van der Waals surface area (Å²) in [6, 6.07) is 49.9. The van der Waals surface area contributed by atoms with Gasteiger partial charge in [-0.2, -0.15) is 0 Å². The van der Waals surface area contributed by atoms with Crippen molar-refractivity contribution < 1.29 is 4.42 Å². The summed E-state index contributed by atoms with van der Waals surface area (Å²) in [4.78, 5) is 5.20. The highest BCUT2D eigenvalue weighted by atomic mass is 32.1. The van der Waals surface area contributed by atoms with Gasteiger partial charge in [0.25, 0.3) is 0 Å². The highest BCUT2D eigenvalue weighted by molar-refractivity contribution is 7.19. The Bertz CT molecular complexity index is 2590. The van der Waals surface area contributed by atoms with Crippen molar-refractivity contribution >= 4 is 54.7 Å². The van der Waals surface area contributed by atoms with Gasteiger partial charge in [0.15, 0.2) is 0 Å². The molecule has 0 spiro atoms. The zero-order valence-corrected chi connectivity index (χ0v) is 28.2. The molecule has 0 fully saturated rings. The number of hydrogen-bond donors (Lipinski definition) is 1. The number of hydrazine groups is 1. The number of nitrogens with zero attached hydrogens (tertiary/aromatic N) is 5. The first-order valence-corrected chi connectivity index (χ1v) is 18.1. The molecule has 0 radical (unpaired) electrons. The zero-order chi connectivity index (χ0) is 33.5. The second-order valence-electron chi connectivity index (χ2n) is 13.4. The molecule has 1 N–H and O–H groups in total. The fourth-order valence-corrected chi connectivity index (χ4v) is 9.89. The molecule has 0 amide bonds. The van der Waals surface area contributed by atoms with Crippen LogP contribution in [0.4, 0.5) is 11.4 Å². The SMILES string of the molecule is c1ccc2c(c1)CCN2N1c2cccc(-c3ccnnn3)c2C(c2cc3ccccc3o2)C1(c1cc2ccccc2[nH]1)c1cc2ccccc2s1. The number of para-hydroxylation sites is 3. The molecule has 0 saturated heterocycles. The van der Waals surface area contributed by atoms with E-state index in [4.69, 9.17) is 4.42 Å². The van der Waals surface area contributed by atoms with Gasteiger partial charge in [-0.15, -0.1) is 21.5 Å². The number of thiophene rings is 1. The maximum Gasteiger partial charge on any atom is 0.149 e. The number of anilines is 2. The Morgan fingerprint density at radius 3 is 2.41 bits per heavy atom. The summed E-state index contributed by atoms with van der Waals surface area (Å²) < 4.78 is 8.26. The summed E-state index contributed by atoms with van der Waals surface area (Å²) >= 11 is 1.85. The molecule has 6 heterocycles. The third kappa shape index (κ3) is 4.08. The monoisotopic (exact) mass is 678 g/mol. The van der Waals surface area contributed by atoms with Gasteiger partial charge in [-0.3, -0.25) is 10.0 Å². The van der Waals surface area contributed by atoms with Crippen LogP contribution in [-0.2, 0) is 12.0 Å². The number of fused-ring (bicyclic) bond motifs is 5. The number of aromatic amines is 1. The van der Waals surface area contributed by atoms with Gasteiger partial charge in [0.05, 0.1) is 34.9 Å². The number of H-pyrrole nitrogens is 1. The van der Waals surface area contributed by atoms with Crippen molar-refractivity contribution in [1.82, 2.24) is 20.4 Å². The molecule has 7 nitrogen and oxygen atoms in total. The van der Waals surface area contributed by atoms with Gasteiger partial charge in [-0.25, -0.2) is 0 Å². The maximum absolute atomic E-state index is 7.02. The lowest BCUT2D eigenvalue weighted by Crippen LogP contribution is -2.56. The van der Waals surface area contributed by atoms with E-state index >= 15 is 0 Å². The first-order valence-electron chi connectivity index (χ1n) is 17.3. The topological polar surface area (TPSA) is 74.1 Å². The molecule has 5 aromatic carbocycles. The van der Waals surface area contributed by atoms with Gasteiger partial charge in [0, 0.05) is 38.2 Å². The van der Waals surface area contributed by atoms with Crippen LogP contribution in [0.15, 0.2) is 150 Å². The van der Waals surface area contributed by atoms with Crippen LogP contribution in [0.2, 0.25) is 0 Å². The third-order valence-corrected chi connectivity index (χ3v) is 11.9. The van der Waals surface area contributed by atoms with Gasteiger partial charge >= 0.3 is 0 Å². The molecule has 51 heavy (non-hydrogen) atoms. The number of hydrogen-bond acceptors (Lipinski definition) is 7. The van der Waals surface area contributed by atoms with Crippen molar-refractivity contribution in [3.05, 3.63) is 173 Å². The Morgan fingerprint density at radius 2 is 1.55 bits per heavy atom. The van der Waals surface area contributed by atoms with E-state index in [1.165, 1.54) is 26.2 Å². The van der Waals surface area contributed by atoms with E-state index in [0.29, 0.717) is 0 Å². The largest absolute Gasteiger partial charge is 0.460 e. The van der Waals surface area contributed by atoms with Crippen molar-refractivity contribution in [3.63, 3.8) is 0 Å². The first kappa shape index (κ1) is 28.6. The Balaban J connectivity index is 1.33. The second-order valence-corrected chi connectivity index (χ2v) is 14.4. The quantitative estimate of drug-likeness (QED) is 0.195. The molecule has 0 bridgehead atoms. The average Bonchev–Trinajstić information content (AvgIpc) is 4.01. The van der Waals surface area contributed by atoms with Crippen LogP contribution in [0.25, 0.3) is 43.2 Å². The van der Waals surface area contributed by atoms with E-state index < -0.39 is 5.54 Å². The number of rotatable bonds is 5. The van der Waals surface area contributed by atoms with E-state index in [1.807, 2.05) is 23.5 Å². The molecule has 9 aromatic rings. The van der Waals surface area contributed by atoms with Crippen LogP contribution in [0.5, 0.6) is 0 Å². The first-order chi connectivity index (χ1) is 25.3. The highest BCUT2D eigenvalue weighted by Crippen LogP contribution is 2.64. The van der Waals surface area contributed by atoms with Crippen molar-refractivity contribution in [2.45, 2.75) is 17.9 Å². The van der Waals surface area contributed by atoms with Crippen molar-refractivity contribution in [2.75, 3.05) is 16.6 Å². The van der Waals surface area contributed by atoms with Gasteiger partial charge in [0.2, 0.25) is 0 Å². The standard InChI is InChI=1S/C43H30N6OS/c1-5-15-32-28(11-1)25-39(45-32)43(40-26-30-13-4-8-19-38(30)51-40)42(37-24-29-12-3-7-18-36(29)50-37)41-31(33-20-22-44-47-46-33)14-9-17-35(41)49(43)48-23-21-27-10-2-6-16-34(27)48/h1-20,22,24-26,42,45H,21,23H2. The van der Waals surface area contributed by atoms with Gasteiger partial charge in [-0.05, 0) is 82.6 Å². The summed E-state index contributed by atoms with van der Waals surface area (Å²) in [5.74, 6) is 0.581. The fraction of sp³-hybridized carbons (Fsp3) is 0.0930. The minimum Gasteiger partial charge on any atom is -0.460 e. The summed E-state index contributed by atoms with van der Waals surface area (Å²) in [5, 5.41) is 21.3. The Hall–Kier alpha value is -6.25. The van der Waals surface area contributed by atoms with Crippen LogP contribution < -0.4 is 10.0 Å². The predicted molar refractivity (Wildman–Crippen MR) is 204 cm³/mol. The molecule has 8 heteroatoms. The van der Waals surface area contributed by atoms with E-state index in [0.717, 1.165) is 68.8 Å². The van der Waals surface area contributed by atoms with Crippen molar-refractivity contribution in [2.24, 2.45) is 0 Å². The van der Waals surface area contributed by atoms with E-state index in [-0.39, 0.29) is 5.92 Å². The van der Waals surface area contributed by atoms with Crippen LogP contribution in [0, 0.1) is 0 Å². The van der Waals surface area contributed by atoms with Crippen molar-refractivity contribution in [1.29, 1.82) is 0 Å². The predicted octanol–water partition coefficient (Wildman–Crippen LogP) is 9.85. The smallest absolute Gasteiger partial charge is 0.149 e. The van der Waals surface area contributed by atoms with Gasteiger partial charge in [0.1, 0.15) is 16.9 Å². The summed E-state index contributed by atoms with van der Waals surface area (Å²) in [5.41, 5.74) is 8.80. The minimum absolute atomic E-state index is 0.306.